The van der Waals surface area contributed by atoms with E-state index in [0.29, 0.717) is 24.0 Å². The van der Waals surface area contributed by atoms with Gasteiger partial charge in [0.15, 0.2) is 0 Å². The molecule has 53 heavy (non-hydrogen) atoms. The summed E-state index contributed by atoms with van der Waals surface area (Å²) in [5.74, 6) is 0.718. The van der Waals surface area contributed by atoms with Gasteiger partial charge in [0.2, 0.25) is 0 Å². The third kappa shape index (κ3) is 8.18. The van der Waals surface area contributed by atoms with E-state index in [1.54, 1.807) is 7.11 Å². The number of methoxy groups -OCH3 is 1. The maximum absolute atomic E-state index is 12.2. The summed E-state index contributed by atoms with van der Waals surface area (Å²) in [7, 11) is 1.66. The van der Waals surface area contributed by atoms with Crippen LogP contribution in [0, 0.1) is 26.7 Å². The van der Waals surface area contributed by atoms with Crippen LogP contribution >= 0.6 is 0 Å². The summed E-state index contributed by atoms with van der Waals surface area (Å²) in [5.41, 5.74) is 11.2. The van der Waals surface area contributed by atoms with Gasteiger partial charge in [-0.25, -0.2) is 4.79 Å². The summed E-state index contributed by atoms with van der Waals surface area (Å²) in [6, 6.07) is 30.2. The number of nitrogens with zero attached hydrogens (tertiary/aromatic N) is 2. The predicted octanol–water partition coefficient (Wildman–Crippen LogP) is 11.4. The molecule has 6 nitrogen and oxygen atoms in total. The van der Waals surface area contributed by atoms with Crippen LogP contribution in [0.15, 0.2) is 90.1 Å². The second-order valence-electron chi connectivity index (χ2n) is 14.7. The Balaban J connectivity index is 1.62. The number of benzene rings is 5. The molecule has 0 amide bonds. The molecule has 0 fully saturated rings. The third-order valence-electron chi connectivity index (χ3n) is 10.6. The van der Waals surface area contributed by atoms with Gasteiger partial charge in [0, 0.05) is 53.4 Å². The van der Waals surface area contributed by atoms with Crippen molar-refractivity contribution in [3.8, 4) is 5.75 Å². The molecule has 276 valence electrons. The zero-order valence-electron chi connectivity index (χ0n) is 32.7. The van der Waals surface area contributed by atoms with Gasteiger partial charge in [0.1, 0.15) is 17.6 Å². The Morgan fingerprint density at radius 3 is 2.26 bits per heavy atom. The zero-order valence-corrected chi connectivity index (χ0v) is 32.7. The van der Waals surface area contributed by atoms with Gasteiger partial charge in [0.05, 0.1) is 12.1 Å². The number of hydrogen-bond donors (Lipinski definition) is 0. The van der Waals surface area contributed by atoms with Crippen LogP contribution in [-0.2, 0) is 27.3 Å². The van der Waals surface area contributed by atoms with Crippen molar-refractivity contribution in [1.29, 1.82) is 0 Å². The molecular weight excluding hydrogens is 657 g/mol. The molecule has 5 aromatic carbocycles. The Labute approximate surface area is 314 Å². The number of para-hydroxylation sites is 1. The Bertz CT molecular complexity index is 2260. The first-order chi connectivity index (χ1) is 25.6. The average Bonchev–Trinajstić information content (AvgIpc) is 3.44. The zero-order chi connectivity index (χ0) is 37.6. The van der Waals surface area contributed by atoms with E-state index in [-0.39, 0.29) is 6.10 Å². The molecule has 0 saturated carbocycles. The van der Waals surface area contributed by atoms with Crippen LogP contribution in [0.4, 0.5) is 0 Å². The first-order valence-electron chi connectivity index (χ1n) is 19.2. The largest absolute Gasteiger partial charge is 0.488 e. The fraction of sp³-hybridized carbons (Fsp3) is 0.362. The standard InChI is InChI=1S/C47H54N2O4/c1-9-11-16-35(10-2)28-49-44-22-21-36(46(48-53-34(7)50)40-19-14-15-20-45(40)52-33(6)29-51-8)25-42(44)43-27-37(38-17-12-13-18-39(38)47(43)49)26-41-31(4)23-30(3)24-32(41)5/h12-15,17-25,27,33,35H,9-11,16,26,28-29H2,1-8H3. The van der Waals surface area contributed by atoms with Crippen molar-refractivity contribution in [3.63, 3.8) is 0 Å². The first kappa shape index (κ1) is 37.8. The third-order valence-corrected chi connectivity index (χ3v) is 10.6. The maximum Gasteiger partial charge on any atom is 0.332 e. The van der Waals surface area contributed by atoms with Crippen LogP contribution in [0.5, 0.6) is 5.75 Å². The molecule has 0 aliphatic heterocycles. The van der Waals surface area contributed by atoms with Gasteiger partial charge in [-0.05, 0) is 104 Å². The number of fused-ring (bicyclic) bond motifs is 5. The highest BCUT2D eigenvalue weighted by molar-refractivity contribution is 6.21. The van der Waals surface area contributed by atoms with Crippen LogP contribution in [0.3, 0.4) is 0 Å². The molecule has 0 aliphatic carbocycles. The number of ether oxygens (including phenoxy) is 2. The van der Waals surface area contributed by atoms with Crippen molar-refractivity contribution in [2.45, 2.75) is 93.2 Å². The number of unbranched alkanes of at least 4 members (excludes halogenated alkanes) is 1. The van der Waals surface area contributed by atoms with Crippen molar-refractivity contribution in [2.24, 2.45) is 11.1 Å². The highest BCUT2D eigenvalue weighted by Crippen LogP contribution is 2.39. The van der Waals surface area contributed by atoms with Gasteiger partial charge >= 0.3 is 5.97 Å². The van der Waals surface area contributed by atoms with E-state index in [1.807, 2.05) is 31.2 Å². The van der Waals surface area contributed by atoms with Crippen molar-refractivity contribution >= 4 is 44.3 Å². The molecule has 6 heteroatoms. The van der Waals surface area contributed by atoms with Gasteiger partial charge in [-0.15, -0.1) is 0 Å². The highest BCUT2D eigenvalue weighted by atomic mass is 16.7. The second-order valence-corrected chi connectivity index (χ2v) is 14.7. The Morgan fingerprint density at radius 2 is 1.57 bits per heavy atom. The van der Waals surface area contributed by atoms with Gasteiger partial charge in [-0.3, -0.25) is 0 Å². The van der Waals surface area contributed by atoms with E-state index in [2.05, 4.69) is 105 Å². The number of aryl methyl sites for hydroxylation is 3. The Kier molecular flexibility index (Phi) is 12.0. The van der Waals surface area contributed by atoms with Crippen molar-refractivity contribution < 1.29 is 19.1 Å². The lowest BCUT2D eigenvalue weighted by Crippen LogP contribution is -2.19. The summed E-state index contributed by atoms with van der Waals surface area (Å²) in [5, 5.41) is 9.39. The number of oxime groups is 1. The summed E-state index contributed by atoms with van der Waals surface area (Å²) in [6.07, 6.45) is 5.39. The molecule has 1 heterocycles. The molecule has 0 saturated heterocycles. The van der Waals surface area contributed by atoms with E-state index in [0.717, 1.165) is 35.9 Å². The molecular formula is C47H54N2O4. The number of rotatable bonds is 15. The molecule has 0 radical (unpaired) electrons. The minimum atomic E-state index is -0.484. The lowest BCUT2D eigenvalue weighted by atomic mass is 9.90. The number of carbonyl (C=O) groups is 1. The molecule has 0 N–H and O–H groups in total. The SMILES string of the molecule is CCCCC(CC)Cn1c2ccc(C(=NOC(C)=O)c3ccccc3OC(C)COC)cc2c2cc(Cc3c(C)cc(C)cc3C)c3ccccc3c21. The molecule has 0 spiro atoms. The number of carbonyl (C=O) groups excluding carboxylic acids is 1. The van der Waals surface area contributed by atoms with Crippen molar-refractivity contribution in [2.75, 3.05) is 13.7 Å². The summed E-state index contributed by atoms with van der Waals surface area (Å²) in [4.78, 5) is 17.5. The maximum atomic E-state index is 12.2. The van der Waals surface area contributed by atoms with E-state index < -0.39 is 5.97 Å². The minimum absolute atomic E-state index is 0.191. The quantitative estimate of drug-likeness (QED) is 0.0605. The van der Waals surface area contributed by atoms with E-state index in [1.165, 1.54) is 81.2 Å². The van der Waals surface area contributed by atoms with Crippen molar-refractivity contribution in [1.82, 2.24) is 4.57 Å². The second kappa shape index (κ2) is 16.8. The summed E-state index contributed by atoms with van der Waals surface area (Å²) in [6.45, 7) is 15.9. The van der Waals surface area contributed by atoms with Crippen LogP contribution in [0.25, 0.3) is 32.6 Å². The summed E-state index contributed by atoms with van der Waals surface area (Å²) >= 11 is 0. The van der Waals surface area contributed by atoms with Gasteiger partial charge in [0.25, 0.3) is 0 Å². The molecule has 6 rings (SSSR count). The first-order valence-corrected chi connectivity index (χ1v) is 19.2. The van der Waals surface area contributed by atoms with Crippen LogP contribution < -0.4 is 4.74 Å². The topological polar surface area (TPSA) is 62.1 Å². The van der Waals surface area contributed by atoms with Crippen LogP contribution in [-0.4, -0.2) is 36.1 Å². The smallest absolute Gasteiger partial charge is 0.332 e. The Hall–Kier alpha value is -4.94. The fourth-order valence-corrected chi connectivity index (χ4v) is 7.99. The monoisotopic (exact) mass is 710 g/mol. The lowest BCUT2D eigenvalue weighted by Gasteiger charge is -2.19. The number of aromatic nitrogens is 1. The van der Waals surface area contributed by atoms with Gasteiger partial charge in [-0.1, -0.05) is 98.4 Å². The Morgan fingerprint density at radius 1 is 0.849 bits per heavy atom. The number of hydrogen-bond acceptors (Lipinski definition) is 5. The summed E-state index contributed by atoms with van der Waals surface area (Å²) < 4.78 is 14.3. The minimum Gasteiger partial charge on any atom is -0.488 e. The molecule has 1 aromatic heterocycles. The molecule has 0 aliphatic rings. The average molecular weight is 711 g/mol. The predicted molar refractivity (Wildman–Crippen MR) is 220 cm³/mol. The highest BCUT2D eigenvalue weighted by Gasteiger charge is 2.22. The van der Waals surface area contributed by atoms with E-state index in [4.69, 9.17) is 14.3 Å². The molecule has 0 bridgehead atoms. The normalized spacial score (nSPS) is 13.2. The van der Waals surface area contributed by atoms with Crippen LogP contribution in [0.2, 0.25) is 0 Å². The van der Waals surface area contributed by atoms with E-state index in [9.17, 15) is 4.79 Å². The lowest BCUT2D eigenvalue weighted by molar-refractivity contribution is -0.140. The van der Waals surface area contributed by atoms with Crippen LogP contribution in [0.1, 0.15) is 92.3 Å². The molecule has 2 atom stereocenters. The van der Waals surface area contributed by atoms with Gasteiger partial charge in [-0.2, -0.15) is 0 Å². The molecule has 6 aromatic rings. The fourth-order valence-electron chi connectivity index (χ4n) is 7.99. The van der Waals surface area contributed by atoms with E-state index >= 15 is 0 Å². The van der Waals surface area contributed by atoms with Crippen molar-refractivity contribution in [3.05, 3.63) is 124 Å². The molecule has 2 unspecified atom stereocenters. The van der Waals surface area contributed by atoms with Gasteiger partial charge < -0.3 is 18.9 Å².